The molecule has 0 bridgehead atoms. The summed E-state index contributed by atoms with van der Waals surface area (Å²) in [5, 5.41) is 0.664. The number of rotatable bonds is 6. The van der Waals surface area contributed by atoms with E-state index < -0.39 is 0 Å². The van der Waals surface area contributed by atoms with Crippen LogP contribution in [0.5, 0.6) is 0 Å². The van der Waals surface area contributed by atoms with Gasteiger partial charge in [0.05, 0.1) is 13.1 Å². The monoisotopic (exact) mass is 189 g/mol. The second-order valence-electron chi connectivity index (χ2n) is 3.05. The standard InChI is InChI=1S/C9H20N2S/c1-3-5-7-11(9(10)12)8-6-4-2/h3-8H2,1-2H3,(H2,10,12)/p+1. The first-order valence-corrected chi connectivity index (χ1v) is 5.23. The summed E-state index contributed by atoms with van der Waals surface area (Å²) in [6.45, 7) is 6.47. The van der Waals surface area contributed by atoms with Gasteiger partial charge in [0.1, 0.15) is 0 Å². The van der Waals surface area contributed by atoms with Gasteiger partial charge in [0.2, 0.25) is 0 Å². The second kappa shape index (κ2) is 7.47. The van der Waals surface area contributed by atoms with Gasteiger partial charge in [0.25, 0.3) is 0 Å². The average Bonchev–Trinajstić information content (AvgIpc) is 2.04. The molecule has 0 rings (SSSR count). The van der Waals surface area contributed by atoms with Gasteiger partial charge in [0, 0.05) is 0 Å². The minimum atomic E-state index is 0.664. The highest BCUT2D eigenvalue weighted by Gasteiger charge is 2.02. The fraction of sp³-hybridized carbons (Fsp3) is 0.889. The molecule has 0 saturated heterocycles. The number of nitrogens with two attached hydrogens (primary N) is 1. The summed E-state index contributed by atoms with van der Waals surface area (Å²) in [7, 11) is 0. The Bertz CT molecular complexity index is 129. The fourth-order valence-corrected chi connectivity index (χ4v) is 1.24. The molecule has 0 spiro atoms. The van der Waals surface area contributed by atoms with Crippen LogP contribution in [-0.2, 0) is 0 Å². The van der Waals surface area contributed by atoms with E-state index in [9.17, 15) is 0 Å². The van der Waals surface area contributed by atoms with Gasteiger partial charge >= 0.3 is 5.17 Å². The Labute approximate surface area is 81.3 Å². The topological polar surface area (TPSA) is 29.0 Å². The average molecular weight is 189 g/mol. The maximum Gasteiger partial charge on any atom is 0.300 e. The molecule has 0 aliphatic carbocycles. The van der Waals surface area contributed by atoms with Crippen molar-refractivity contribution in [3.05, 3.63) is 0 Å². The Morgan fingerprint density at radius 2 is 1.58 bits per heavy atom. The van der Waals surface area contributed by atoms with Crippen LogP contribution in [0.1, 0.15) is 39.5 Å². The van der Waals surface area contributed by atoms with Gasteiger partial charge in [-0.25, -0.2) is 0 Å². The molecule has 0 aromatic rings. The predicted octanol–water partition coefficient (Wildman–Crippen LogP) is 1.84. The lowest BCUT2D eigenvalue weighted by Crippen LogP contribution is -2.26. The predicted molar refractivity (Wildman–Crippen MR) is 58.0 cm³/mol. The van der Waals surface area contributed by atoms with Crippen molar-refractivity contribution in [2.24, 2.45) is 5.73 Å². The second-order valence-corrected chi connectivity index (χ2v) is 3.51. The van der Waals surface area contributed by atoms with Crippen LogP contribution in [0.2, 0.25) is 0 Å². The van der Waals surface area contributed by atoms with Crippen molar-refractivity contribution in [1.82, 2.24) is 0 Å². The fourth-order valence-electron chi connectivity index (χ4n) is 1.04. The maximum atomic E-state index is 5.62. The van der Waals surface area contributed by atoms with E-state index in [1.54, 1.807) is 0 Å². The molecule has 2 nitrogen and oxygen atoms in total. The molecule has 72 valence electrons. The van der Waals surface area contributed by atoms with E-state index in [4.69, 9.17) is 5.73 Å². The van der Waals surface area contributed by atoms with Crippen LogP contribution < -0.4 is 5.73 Å². The van der Waals surface area contributed by atoms with Crippen molar-refractivity contribution in [1.29, 1.82) is 0 Å². The van der Waals surface area contributed by atoms with Gasteiger partial charge in [-0.2, -0.15) is 0 Å². The Kier molecular flexibility index (Phi) is 7.36. The quantitative estimate of drug-likeness (QED) is 0.284. The van der Waals surface area contributed by atoms with Crippen molar-refractivity contribution in [2.75, 3.05) is 13.1 Å². The smallest absolute Gasteiger partial charge is 0.282 e. The van der Waals surface area contributed by atoms with E-state index in [1.165, 1.54) is 25.7 Å². The molecule has 0 atom stereocenters. The number of hydrogen-bond acceptors (Lipinski definition) is 0. The van der Waals surface area contributed by atoms with E-state index in [1.807, 2.05) is 0 Å². The van der Waals surface area contributed by atoms with Gasteiger partial charge in [0.15, 0.2) is 0 Å². The number of thiol groups is 1. The summed E-state index contributed by atoms with van der Waals surface area (Å²) in [6, 6.07) is 0. The van der Waals surface area contributed by atoms with Gasteiger partial charge in [-0.05, 0) is 12.8 Å². The van der Waals surface area contributed by atoms with Crippen LogP contribution in [0.4, 0.5) is 0 Å². The van der Waals surface area contributed by atoms with Gasteiger partial charge in [-0.1, -0.05) is 39.3 Å². The molecule has 12 heavy (non-hydrogen) atoms. The van der Waals surface area contributed by atoms with Gasteiger partial charge in [-0.15, -0.1) is 0 Å². The van der Waals surface area contributed by atoms with Crippen LogP contribution in [0.25, 0.3) is 0 Å². The van der Waals surface area contributed by atoms with E-state index in [2.05, 4.69) is 31.1 Å². The van der Waals surface area contributed by atoms with Gasteiger partial charge in [-0.3, -0.25) is 10.3 Å². The number of amidine groups is 1. The zero-order valence-corrected chi connectivity index (χ0v) is 9.11. The third-order valence-electron chi connectivity index (χ3n) is 1.89. The van der Waals surface area contributed by atoms with Gasteiger partial charge < -0.3 is 0 Å². The summed E-state index contributed by atoms with van der Waals surface area (Å²) in [5.41, 5.74) is 5.62. The summed E-state index contributed by atoms with van der Waals surface area (Å²) in [5.74, 6) is 0. The SMILES string of the molecule is CCCC[N+](CCCC)=C(N)S. The summed E-state index contributed by atoms with van der Waals surface area (Å²) in [4.78, 5) is 0. The van der Waals surface area contributed by atoms with Crippen molar-refractivity contribution in [2.45, 2.75) is 39.5 Å². The Morgan fingerprint density at radius 3 is 1.83 bits per heavy atom. The molecule has 0 unspecified atom stereocenters. The van der Waals surface area contributed by atoms with Crippen LogP contribution in [0, 0.1) is 0 Å². The highest BCUT2D eigenvalue weighted by Crippen LogP contribution is 1.94. The molecule has 0 aliphatic rings. The lowest BCUT2D eigenvalue weighted by atomic mass is 10.3. The molecule has 0 radical (unpaired) electrons. The first kappa shape index (κ1) is 11.8. The van der Waals surface area contributed by atoms with Crippen LogP contribution >= 0.6 is 12.6 Å². The Hall–Kier alpha value is -0.180. The number of nitrogens with zero attached hydrogens (tertiary/aromatic N) is 1. The third kappa shape index (κ3) is 5.47. The molecule has 0 aromatic carbocycles. The molecule has 0 heterocycles. The number of hydrogen-bond donors (Lipinski definition) is 2. The molecule has 0 saturated carbocycles. The zero-order chi connectivity index (χ0) is 9.40. The first-order valence-electron chi connectivity index (χ1n) is 4.78. The van der Waals surface area contributed by atoms with Crippen molar-refractivity contribution < 1.29 is 4.58 Å². The van der Waals surface area contributed by atoms with E-state index in [0.717, 1.165) is 13.1 Å². The largest absolute Gasteiger partial charge is 0.300 e. The number of unbranched alkanes of at least 4 members (excludes halogenated alkanes) is 2. The molecule has 0 fully saturated rings. The van der Waals surface area contributed by atoms with Crippen molar-refractivity contribution >= 4 is 17.8 Å². The summed E-state index contributed by atoms with van der Waals surface area (Å²) in [6.07, 6.45) is 4.82. The minimum absolute atomic E-state index is 0.664. The third-order valence-corrected chi connectivity index (χ3v) is 2.17. The van der Waals surface area contributed by atoms with Crippen molar-refractivity contribution in [3.8, 4) is 0 Å². The van der Waals surface area contributed by atoms with Crippen LogP contribution in [-0.4, -0.2) is 22.8 Å². The molecular formula is C9H21N2S+. The summed E-state index contributed by atoms with van der Waals surface area (Å²) >= 11 is 4.16. The lowest BCUT2D eigenvalue weighted by molar-refractivity contribution is -0.527. The lowest BCUT2D eigenvalue weighted by Gasteiger charge is -2.06. The van der Waals surface area contributed by atoms with Crippen molar-refractivity contribution in [3.63, 3.8) is 0 Å². The van der Waals surface area contributed by atoms with E-state index in [-0.39, 0.29) is 0 Å². The highest BCUT2D eigenvalue weighted by molar-refractivity contribution is 7.96. The van der Waals surface area contributed by atoms with Crippen LogP contribution in [0.15, 0.2) is 0 Å². The molecular weight excluding hydrogens is 168 g/mol. The first-order chi connectivity index (χ1) is 5.72. The minimum Gasteiger partial charge on any atom is -0.282 e. The zero-order valence-electron chi connectivity index (χ0n) is 8.21. The normalized spacial score (nSPS) is 9.92. The van der Waals surface area contributed by atoms with E-state index in [0.29, 0.717) is 5.17 Å². The Morgan fingerprint density at radius 1 is 1.17 bits per heavy atom. The Balaban J connectivity index is 3.80. The molecule has 3 heteroatoms. The highest BCUT2D eigenvalue weighted by atomic mass is 32.1. The molecule has 2 N–H and O–H groups in total. The maximum absolute atomic E-state index is 5.62. The molecule has 0 amide bonds. The van der Waals surface area contributed by atoms with Crippen LogP contribution in [0.3, 0.4) is 0 Å². The van der Waals surface area contributed by atoms with E-state index >= 15 is 0 Å². The summed E-state index contributed by atoms with van der Waals surface area (Å²) < 4.78 is 2.15. The molecule has 0 aromatic heterocycles. The molecule has 0 aliphatic heterocycles.